The van der Waals surface area contributed by atoms with Crippen LogP contribution in [-0.2, 0) is 0 Å². The Labute approximate surface area is 141 Å². The van der Waals surface area contributed by atoms with E-state index in [1.54, 1.807) is 24.3 Å². The second kappa shape index (κ2) is 7.79. The lowest BCUT2D eigenvalue weighted by Crippen LogP contribution is -2.17. The predicted octanol–water partition coefficient (Wildman–Crippen LogP) is 4.20. The number of carbonyl (C=O) groups is 1. The highest BCUT2D eigenvalue weighted by molar-refractivity contribution is 6.32. The second-order valence-electron chi connectivity index (χ2n) is 5.42. The fourth-order valence-electron chi connectivity index (χ4n) is 1.88. The van der Waals surface area contributed by atoms with Crippen molar-refractivity contribution in [1.82, 2.24) is 5.43 Å². The molecule has 0 radical (unpaired) electrons. The Hall–Kier alpha value is -2.33. The van der Waals surface area contributed by atoms with Gasteiger partial charge in [-0.1, -0.05) is 29.3 Å². The summed E-state index contributed by atoms with van der Waals surface area (Å²) in [5, 5.41) is 4.46. The number of aryl methyl sites for hydroxylation is 1. The van der Waals surface area contributed by atoms with Crippen molar-refractivity contribution < 1.29 is 9.53 Å². The van der Waals surface area contributed by atoms with Crippen molar-refractivity contribution in [3.8, 4) is 5.75 Å². The molecule has 0 aliphatic rings. The molecule has 0 saturated carbocycles. The van der Waals surface area contributed by atoms with Gasteiger partial charge in [-0.25, -0.2) is 5.43 Å². The van der Waals surface area contributed by atoms with Crippen LogP contribution in [0.5, 0.6) is 5.75 Å². The molecular weight excluding hydrogens is 312 g/mol. The Morgan fingerprint density at radius 2 is 1.91 bits per heavy atom. The maximum atomic E-state index is 11.9. The minimum Gasteiger partial charge on any atom is -0.489 e. The van der Waals surface area contributed by atoms with E-state index in [-0.39, 0.29) is 12.0 Å². The number of nitrogens with zero attached hydrogens (tertiary/aromatic N) is 1. The van der Waals surface area contributed by atoms with Gasteiger partial charge >= 0.3 is 0 Å². The van der Waals surface area contributed by atoms with Gasteiger partial charge in [0, 0.05) is 5.56 Å². The monoisotopic (exact) mass is 330 g/mol. The van der Waals surface area contributed by atoms with Crippen molar-refractivity contribution in [2.75, 3.05) is 0 Å². The van der Waals surface area contributed by atoms with Gasteiger partial charge in [-0.3, -0.25) is 4.79 Å². The van der Waals surface area contributed by atoms with Crippen LogP contribution in [0.3, 0.4) is 0 Å². The third kappa shape index (κ3) is 5.11. The lowest BCUT2D eigenvalue weighted by molar-refractivity contribution is 0.0955. The van der Waals surface area contributed by atoms with E-state index in [9.17, 15) is 4.79 Å². The van der Waals surface area contributed by atoms with Gasteiger partial charge in [0.2, 0.25) is 0 Å². The van der Waals surface area contributed by atoms with E-state index in [0.717, 1.165) is 11.1 Å². The molecule has 1 N–H and O–H groups in total. The summed E-state index contributed by atoms with van der Waals surface area (Å²) in [6.45, 7) is 5.84. The van der Waals surface area contributed by atoms with E-state index in [2.05, 4.69) is 10.5 Å². The topological polar surface area (TPSA) is 50.7 Å². The largest absolute Gasteiger partial charge is 0.489 e. The van der Waals surface area contributed by atoms with Crippen molar-refractivity contribution in [1.29, 1.82) is 0 Å². The summed E-state index contributed by atoms with van der Waals surface area (Å²) in [6.07, 6.45) is 1.60. The smallest absolute Gasteiger partial charge is 0.271 e. The fourth-order valence-corrected chi connectivity index (χ4v) is 2.12. The van der Waals surface area contributed by atoms with Gasteiger partial charge in [0.15, 0.2) is 0 Å². The first-order valence-corrected chi connectivity index (χ1v) is 7.70. The van der Waals surface area contributed by atoms with Gasteiger partial charge in [-0.15, -0.1) is 0 Å². The molecule has 0 aliphatic heterocycles. The van der Waals surface area contributed by atoms with Gasteiger partial charge in [0.25, 0.3) is 5.91 Å². The van der Waals surface area contributed by atoms with Gasteiger partial charge < -0.3 is 4.74 Å². The summed E-state index contributed by atoms with van der Waals surface area (Å²) >= 11 is 6.15. The van der Waals surface area contributed by atoms with Crippen molar-refractivity contribution in [3.05, 3.63) is 64.2 Å². The molecule has 23 heavy (non-hydrogen) atoms. The van der Waals surface area contributed by atoms with Crippen LogP contribution in [0.15, 0.2) is 47.6 Å². The summed E-state index contributed by atoms with van der Waals surface area (Å²) in [6, 6.07) is 12.6. The summed E-state index contributed by atoms with van der Waals surface area (Å²) in [4.78, 5) is 11.9. The molecular formula is C18H19ClN2O2. The number of ether oxygens (including phenoxy) is 1. The van der Waals surface area contributed by atoms with Crippen molar-refractivity contribution >= 4 is 23.7 Å². The molecule has 0 spiro atoms. The number of carbonyl (C=O) groups excluding carboxylic acids is 1. The Bertz CT molecular complexity index is 709. The summed E-state index contributed by atoms with van der Waals surface area (Å²) in [5.74, 6) is 0.370. The molecule has 2 aromatic rings. The zero-order valence-electron chi connectivity index (χ0n) is 13.3. The van der Waals surface area contributed by atoms with Crippen LogP contribution in [-0.4, -0.2) is 18.2 Å². The summed E-state index contributed by atoms with van der Waals surface area (Å²) in [7, 11) is 0. The molecule has 4 nitrogen and oxygen atoms in total. The molecule has 0 atom stereocenters. The first-order valence-electron chi connectivity index (χ1n) is 7.32. The third-order valence-electron chi connectivity index (χ3n) is 3.01. The van der Waals surface area contributed by atoms with Crippen LogP contribution < -0.4 is 10.2 Å². The normalized spacial score (nSPS) is 11.0. The van der Waals surface area contributed by atoms with Crippen LogP contribution >= 0.6 is 11.6 Å². The first kappa shape index (κ1) is 17.0. The Balaban J connectivity index is 1.99. The third-order valence-corrected chi connectivity index (χ3v) is 3.31. The molecule has 0 unspecified atom stereocenters. The SMILES string of the molecule is Cc1ccc(C(=O)N/N=C\c2ccc(OC(C)C)c(Cl)c2)cc1. The molecule has 0 saturated heterocycles. The zero-order chi connectivity index (χ0) is 16.8. The highest BCUT2D eigenvalue weighted by Gasteiger charge is 2.05. The zero-order valence-corrected chi connectivity index (χ0v) is 14.1. The number of rotatable bonds is 5. The van der Waals surface area contributed by atoms with E-state index >= 15 is 0 Å². The molecule has 0 aromatic heterocycles. The number of hydrazone groups is 1. The van der Waals surface area contributed by atoms with E-state index in [0.29, 0.717) is 16.3 Å². The van der Waals surface area contributed by atoms with Gasteiger partial charge in [-0.2, -0.15) is 5.10 Å². The molecule has 120 valence electrons. The molecule has 1 amide bonds. The molecule has 0 fully saturated rings. The highest BCUT2D eigenvalue weighted by atomic mass is 35.5. The summed E-state index contributed by atoms with van der Waals surface area (Å²) in [5.41, 5.74) is 4.92. The average Bonchev–Trinajstić information content (AvgIpc) is 2.50. The lowest BCUT2D eigenvalue weighted by atomic mass is 10.1. The van der Waals surface area contributed by atoms with Crippen LogP contribution in [0.2, 0.25) is 5.02 Å². The maximum absolute atomic E-state index is 11.9. The molecule has 0 aliphatic carbocycles. The molecule has 2 aromatic carbocycles. The Kier molecular flexibility index (Phi) is 5.77. The van der Waals surface area contributed by atoms with E-state index in [4.69, 9.17) is 16.3 Å². The van der Waals surface area contributed by atoms with Crippen LogP contribution in [0.25, 0.3) is 0 Å². The average molecular weight is 331 g/mol. The maximum Gasteiger partial charge on any atom is 0.271 e. The minimum absolute atomic E-state index is 0.0563. The first-order chi connectivity index (χ1) is 11.0. The molecule has 0 bridgehead atoms. The number of nitrogens with one attached hydrogen (secondary N) is 1. The Morgan fingerprint density at radius 3 is 2.52 bits per heavy atom. The van der Waals surface area contributed by atoms with E-state index in [1.165, 1.54) is 6.21 Å². The lowest BCUT2D eigenvalue weighted by Gasteiger charge is -2.11. The fraction of sp³-hybridized carbons (Fsp3) is 0.222. The van der Waals surface area contributed by atoms with Crippen molar-refractivity contribution in [2.45, 2.75) is 26.9 Å². The van der Waals surface area contributed by atoms with Gasteiger partial charge in [-0.05, 0) is 56.7 Å². The molecule has 0 heterocycles. The van der Waals surface area contributed by atoms with Crippen molar-refractivity contribution in [3.63, 3.8) is 0 Å². The van der Waals surface area contributed by atoms with Crippen LogP contribution in [0, 0.1) is 6.92 Å². The number of hydrogen-bond acceptors (Lipinski definition) is 3. The van der Waals surface area contributed by atoms with Gasteiger partial charge in [0.1, 0.15) is 5.75 Å². The van der Waals surface area contributed by atoms with Crippen molar-refractivity contribution in [2.24, 2.45) is 5.10 Å². The van der Waals surface area contributed by atoms with Gasteiger partial charge in [0.05, 0.1) is 17.3 Å². The van der Waals surface area contributed by atoms with Crippen LogP contribution in [0.1, 0.15) is 35.3 Å². The van der Waals surface area contributed by atoms with E-state index in [1.807, 2.05) is 39.0 Å². The number of halogens is 1. The molecule has 5 heteroatoms. The number of amides is 1. The Morgan fingerprint density at radius 1 is 1.22 bits per heavy atom. The predicted molar refractivity (Wildman–Crippen MR) is 93.5 cm³/mol. The minimum atomic E-state index is -0.257. The van der Waals surface area contributed by atoms with Crippen LogP contribution in [0.4, 0.5) is 0 Å². The number of benzene rings is 2. The second-order valence-corrected chi connectivity index (χ2v) is 5.83. The van der Waals surface area contributed by atoms with E-state index < -0.39 is 0 Å². The number of hydrogen-bond donors (Lipinski definition) is 1. The highest BCUT2D eigenvalue weighted by Crippen LogP contribution is 2.25. The summed E-state index contributed by atoms with van der Waals surface area (Å²) < 4.78 is 5.56. The quantitative estimate of drug-likeness (QED) is 0.660. The molecule has 2 rings (SSSR count). The standard InChI is InChI=1S/C18H19ClN2O2/c1-12(2)23-17-9-6-14(10-16(17)19)11-20-21-18(22)15-7-4-13(3)5-8-15/h4-12H,1-3H3,(H,21,22)/b20-11-.